The summed E-state index contributed by atoms with van der Waals surface area (Å²) in [6, 6.07) is 10.1. The van der Waals surface area contributed by atoms with Crippen LogP contribution in [0.15, 0.2) is 35.3 Å². The Hall–Kier alpha value is -2.24. The zero-order valence-electron chi connectivity index (χ0n) is 17.0. The van der Waals surface area contributed by atoms with Crippen molar-refractivity contribution in [1.82, 2.24) is 15.5 Å². The summed E-state index contributed by atoms with van der Waals surface area (Å²) in [6.45, 7) is 3.10. The summed E-state index contributed by atoms with van der Waals surface area (Å²) in [7, 11) is 1.79. The first kappa shape index (κ1) is 20.5. The van der Waals surface area contributed by atoms with Gasteiger partial charge in [0.2, 0.25) is 5.91 Å². The molecular formula is C22H34N4O2. The molecule has 1 saturated heterocycles. The van der Waals surface area contributed by atoms with Crippen LogP contribution in [0.2, 0.25) is 0 Å². The summed E-state index contributed by atoms with van der Waals surface area (Å²) >= 11 is 0. The molecule has 2 N–H and O–H groups in total. The molecule has 3 rings (SSSR count). The third kappa shape index (κ3) is 6.14. The summed E-state index contributed by atoms with van der Waals surface area (Å²) < 4.78 is 5.71. The van der Waals surface area contributed by atoms with E-state index in [9.17, 15) is 4.79 Å². The van der Waals surface area contributed by atoms with Gasteiger partial charge in [-0.2, -0.15) is 0 Å². The van der Waals surface area contributed by atoms with Crippen LogP contribution in [0.4, 0.5) is 0 Å². The first-order valence-corrected chi connectivity index (χ1v) is 10.7. The van der Waals surface area contributed by atoms with Gasteiger partial charge in [-0.25, -0.2) is 0 Å². The minimum absolute atomic E-state index is 0.259. The zero-order valence-corrected chi connectivity index (χ0v) is 17.0. The van der Waals surface area contributed by atoms with Gasteiger partial charge in [0.15, 0.2) is 5.96 Å². The minimum atomic E-state index is 0.259. The second-order valence-electron chi connectivity index (χ2n) is 7.76. The van der Waals surface area contributed by atoms with Gasteiger partial charge in [0.1, 0.15) is 5.75 Å². The van der Waals surface area contributed by atoms with Crippen molar-refractivity contribution in [2.75, 3.05) is 33.3 Å². The highest BCUT2D eigenvalue weighted by Gasteiger charge is 2.31. The lowest BCUT2D eigenvalue weighted by Gasteiger charge is -2.26. The van der Waals surface area contributed by atoms with Crippen LogP contribution in [0.3, 0.4) is 0 Å². The first-order valence-electron chi connectivity index (χ1n) is 10.7. The maximum Gasteiger partial charge on any atom is 0.225 e. The molecule has 6 nitrogen and oxygen atoms in total. The molecule has 0 bridgehead atoms. The SMILES string of the molecule is CN=C(NCCCOc1ccccc1)NC1CCN(C(=O)C2CCCCC2)C1. The molecule has 1 aliphatic carbocycles. The summed E-state index contributed by atoms with van der Waals surface area (Å²) in [5, 5.41) is 6.81. The van der Waals surface area contributed by atoms with E-state index < -0.39 is 0 Å². The normalized spacial score (nSPS) is 20.8. The second-order valence-corrected chi connectivity index (χ2v) is 7.76. The van der Waals surface area contributed by atoms with Gasteiger partial charge < -0.3 is 20.3 Å². The number of hydrogen-bond acceptors (Lipinski definition) is 3. The first-order chi connectivity index (χ1) is 13.8. The lowest BCUT2D eigenvalue weighted by atomic mass is 9.88. The number of likely N-dealkylation sites (tertiary alicyclic amines) is 1. The van der Waals surface area contributed by atoms with Gasteiger partial charge in [0.05, 0.1) is 6.61 Å². The van der Waals surface area contributed by atoms with Gasteiger partial charge in [-0.3, -0.25) is 9.79 Å². The van der Waals surface area contributed by atoms with Gasteiger partial charge in [0, 0.05) is 38.6 Å². The Bertz CT molecular complexity index is 629. The van der Waals surface area contributed by atoms with E-state index >= 15 is 0 Å². The summed E-state index contributed by atoms with van der Waals surface area (Å²) in [5.74, 6) is 2.33. The number of carbonyl (C=O) groups excluding carboxylic acids is 1. The number of ether oxygens (including phenoxy) is 1. The Morgan fingerprint density at radius 2 is 1.96 bits per heavy atom. The fraction of sp³-hybridized carbons (Fsp3) is 0.636. The van der Waals surface area contributed by atoms with Crippen LogP contribution >= 0.6 is 0 Å². The predicted octanol–water partition coefficient (Wildman–Crippen LogP) is 2.80. The quantitative estimate of drug-likeness (QED) is 0.430. The molecule has 2 fully saturated rings. The number of amides is 1. The van der Waals surface area contributed by atoms with Crippen molar-refractivity contribution in [1.29, 1.82) is 0 Å². The molecule has 154 valence electrons. The molecule has 1 heterocycles. The lowest BCUT2D eigenvalue weighted by Crippen LogP contribution is -2.46. The Balaban J connectivity index is 1.33. The number of para-hydroxylation sites is 1. The fourth-order valence-electron chi connectivity index (χ4n) is 4.06. The molecule has 1 unspecified atom stereocenters. The van der Waals surface area contributed by atoms with E-state index in [1.165, 1.54) is 19.3 Å². The van der Waals surface area contributed by atoms with Gasteiger partial charge in [-0.15, -0.1) is 0 Å². The number of rotatable bonds is 7. The summed E-state index contributed by atoms with van der Waals surface area (Å²) in [6.07, 6.45) is 7.71. The molecule has 0 radical (unpaired) electrons. The van der Waals surface area contributed by atoms with Crippen molar-refractivity contribution in [3.05, 3.63) is 30.3 Å². The number of guanidine groups is 1. The number of nitrogens with one attached hydrogen (secondary N) is 2. The minimum Gasteiger partial charge on any atom is -0.494 e. The molecule has 1 aromatic rings. The maximum absolute atomic E-state index is 12.7. The molecule has 28 heavy (non-hydrogen) atoms. The fourth-order valence-corrected chi connectivity index (χ4v) is 4.06. The van der Waals surface area contributed by atoms with Crippen molar-refractivity contribution >= 4 is 11.9 Å². The molecule has 0 spiro atoms. The summed E-state index contributed by atoms with van der Waals surface area (Å²) in [5.41, 5.74) is 0. The van der Waals surface area contributed by atoms with Gasteiger partial charge in [0.25, 0.3) is 0 Å². The topological polar surface area (TPSA) is 66.0 Å². The highest BCUT2D eigenvalue weighted by molar-refractivity contribution is 5.81. The number of hydrogen-bond donors (Lipinski definition) is 2. The van der Waals surface area contributed by atoms with Gasteiger partial charge in [-0.1, -0.05) is 37.5 Å². The third-order valence-corrected chi connectivity index (χ3v) is 5.64. The van der Waals surface area contributed by atoms with Crippen LogP contribution in [0, 0.1) is 5.92 Å². The number of carbonyl (C=O) groups is 1. The highest BCUT2D eigenvalue weighted by atomic mass is 16.5. The van der Waals surface area contributed by atoms with Crippen LogP contribution in [0.1, 0.15) is 44.9 Å². The molecule has 2 aliphatic rings. The molecule has 1 aliphatic heterocycles. The van der Waals surface area contributed by atoms with E-state index in [1.807, 2.05) is 30.3 Å². The monoisotopic (exact) mass is 386 g/mol. The Morgan fingerprint density at radius 1 is 1.18 bits per heavy atom. The molecule has 6 heteroatoms. The van der Waals surface area contributed by atoms with Crippen LogP contribution in [0.25, 0.3) is 0 Å². The molecule has 1 saturated carbocycles. The predicted molar refractivity (Wildman–Crippen MR) is 113 cm³/mol. The Kier molecular flexibility index (Phi) is 8.00. The van der Waals surface area contributed by atoms with Crippen molar-refractivity contribution < 1.29 is 9.53 Å². The number of nitrogens with zero attached hydrogens (tertiary/aromatic N) is 2. The van der Waals surface area contributed by atoms with Gasteiger partial charge in [-0.05, 0) is 37.8 Å². The molecule has 1 atom stereocenters. The van der Waals surface area contributed by atoms with E-state index in [0.717, 1.165) is 57.0 Å². The zero-order chi connectivity index (χ0) is 19.6. The van der Waals surface area contributed by atoms with Crippen molar-refractivity contribution in [2.45, 2.75) is 51.0 Å². The Morgan fingerprint density at radius 3 is 2.71 bits per heavy atom. The molecule has 1 amide bonds. The highest BCUT2D eigenvalue weighted by Crippen LogP contribution is 2.26. The van der Waals surface area contributed by atoms with Crippen molar-refractivity contribution in [3.63, 3.8) is 0 Å². The number of benzene rings is 1. The van der Waals surface area contributed by atoms with Crippen molar-refractivity contribution in [2.24, 2.45) is 10.9 Å². The van der Waals surface area contributed by atoms with E-state index in [-0.39, 0.29) is 12.0 Å². The van der Waals surface area contributed by atoms with Crippen molar-refractivity contribution in [3.8, 4) is 5.75 Å². The number of aliphatic imine (C=N–C) groups is 1. The average Bonchev–Trinajstić information content (AvgIpc) is 3.22. The molecular weight excluding hydrogens is 352 g/mol. The average molecular weight is 387 g/mol. The standard InChI is InChI=1S/C22H34N4O2/c1-23-22(24-14-8-16-28-20-11-6-3-7-12-20)25-19-13-15-26(17-19)21(27)18-9-4-2-5-10-18/h3,6-7,11-12,18-19H,2,4-5,8-10,13-17H2,1H3,(H2,23,24,25). The maximum atomic E-state index is 12.7. The molecule has 0 aromatic heterocycles. The lowest BCUT2D eigenvalue weighted by molar-refractivity contribution is -0.135. The Labute approximate surface area is 168 Å². The van der Waals surface area contributed by atoms with Crippen LogP contribution in [-0.4, -0.2) is 56.1 Å². The van der Waals surface area contributed by atoms with E-state index in [2.05, 4.69) is 20.5 Å². The molecule has 1 aromatic carbocycles. The largest absolute Gasteiger partial charge is 0.494 e. The second kappa shape index (κ2) is 10.9. The van der Waals surface area contributed by atoms with E-state index in [1.54, 1.807) is 7.05 Å². The van der Waals surface area contributed by atoms with Crippen LogP contribution in [-0.2, 0) is 4.79 Å². The van der Waals surface area contributed by atoms with Gasteiger partial charge >= 0.3 is 0 Å². The summed E-state index contributed by atoms with van der Waals surface area (Å²) in [4.78, 5) is 19.1. The third-order valence-electron chi connectivity index (χ3n) is 5.64. The smallest absolute Gasteiger partial charge is 0.225 e. The van der Waals surface area contributed by atoms with E-state index in [0.29, 0.717) is 12.5 Å². The van der Waals surface area contributed by atoms with Crippen LogP contribution in [0.5, 0.6) is 5.75 Å². The van der Waals surface area contributed by atoms with E-state index in [4.69, 9.17) is 4.74 Å². The van der Waals surface area contributed by atoms with Crippen LogP contribution < -0.4 is 15.4 Å².